The quantitative estimate of drug-likeness (QED) is 0.625. The first-order chi connectivity index (χ1) is 14.8. The molecule has 6 nitrogen and oxygen atoms in total. The Kier molecular flexibility index (Phi) is 5.88. The van der Waals surface area contributed by atoms with Crippen molar-refractivity contribution < 1.29 is 4.39 Å². The summed E-state index contributed by atoms with van der Waals surface area (Å²) >= 11 is 0. The van der Waals surface area contributed by atoms with Crippen LogP contribution in [-0.2, 0) is 7.05 Å². The molecule has 2 aromatic heterocycles. The van der Waals surface area contributed by atoms with Crippen molar-refractivity contribution in [1.82, 2.24) is 19.4 Å². The zero-order valence-corrected chi connectivity index (χ0v) is 19.0. The number of rotatable bonds is 5. The van der Waals surface area contributed by atoms with Gasteiger partial charge in [-0.2, -0.15) is 9.89 Å². The Morgan fingerprint density at radius 1 is 1.13 bits per heavy atom. The minimum atomic E-state index is -0.183. The third kappa shape index (κ3) is 3.87. The number of piperazine rings is 1. The predicted octanol–water partition coefficient (Wildman–Crippen LogP) is 3.75. The molecule has 1 aliphatic heterocycles. The van der Waals surface area contributed by atoms with Gasteiger partial charge in [0.2, 0.25) is 0 Å². The van der Waals surface area contributed by atoms with E-state index < -0.39 is 0 Å². The van der Waals surface area contributed by atoms with Crippen LogP contribution in [0.15, 0.2) is 41.3 Å². The molecule has 1 fully saturated rings. The van der Waals surface area contributed by atoms with Crippen molar-refractivity contribution in [3.05, 3.63) is 63.8 Å². The molecule has 1 saturated heterocycles. The van der Waals surface area contributed by atoms with Gasteiger partial charge in [0.15, 0.2) is 0 Å². The van der Waals surface area contributed by atoms with Crippen LogP contribution in [0.2, 0.25) is 0 Å². The monoisotopic (exact) mass is 425 g/mol. The van der Waals surface area contributed by atoms with E-state index in [0.29, 0.717) is 6.04 Å². The molecule has 3 heterocycles. The molecule has 0 amide bonds. The molecule has 0 saturated carbocycles. The van der Waals surface area contributed by atoms with Gasteiger partial charge < -0.3 is 4.57 Å². The highest BCUT2D eigenvalue weighted by Gasteiger charge is 2.36. The number of hydrogen-bond donors (Lipinski definition) is 0. The number of pyridine rings is 1. The summed E-state index contributed by atoms with van der Waals surface area (Å²) < 4.78 is 15.3. The van der Waals surface area contributed by atoms with Gasteiger partial charge in [-0.25, -0.2) is 4.39 Å². The molecule has 3 aromatic rings. The summed E-state index contributed by atoms with van der Waals surface area (Å²) in [4.78, 5) is 16.5. The molecule has 1 unspecified atom stereocenters. The van der Waals surface area contributed by atoms with E-state index in [1.807, 2.05) is 24.0 Å². The van der Waals surface area contributed by atoms with E-state index in [9.17, 15) is 9.18 Å². The van der Waals surface area contributed by atoms with Gasteiger partial charge in [0.1, 0.15) is 11.3 Å². The molecule has 31 heavy (non-hydrogen) atoms. The molecule has 166 valence electrons. The second-order valence-corrected chi connectivity index (χ2v) is 8.67. The van der Waals surface area contributed by atoms with Crippen LogP contribution in [0.25, 0.3) is 11.0 Å². The fourth-order valence-electron chi connectivity index (χ4n) is 4.93. The van der Waals surface area contributed by atoms with Crippen LogP contribution in [-0.4, -0.2) is 44.5 Å². The smallest absolute Gasteiger partial charge is 0.250 e. The Bertz CT molecular complexity index is 1140. The second-order valence-electron chi connectivity index (χ2n) is 8.67. The summed E-state index contributed by atoms with van der Waals surface area (Å²) in [6.07, 6.45) is 3.96. The van der Waals surface area contributed by atoms with E-state index in [1.54, 1.807) is 35.9 Å². The standard InChI is InChI=1S/C24H32FN5O/c1-6-19-14-29(30-15-23-22(26-30)10-11-24(31)27(23)5)20(7-2)13-28(19)17(4)21-9-8-18(25)12-16(21)3/h8-12,15,17,19-20H,6-7,13-14H2,1-5H3/t17?,19-,20+/m1/s1. The van der Waals surface area contributed by atoms with E-state index in [1.165, 1.54) is 5.56 Å². The highest BCUT2D eigenvalue weighted by molar-refractivity contribution is 5.73. The summed E-state index contributed by atoms with van der Waals surface area (Å²) in [5.74, 6) is -0.183. The number of aromatic nitrogens is 3. The van der Waals surface area contributed by atoms with Crippen LogP contribution in [0, 0.1) is 12.7 Å². The summed E-state index contributed by atoms with van der Waals surface area (Å²) in [5, 5.41) is 7.11. The van der Waals surface area contributed by atoms with E-state index >= 15 is 0 Å². The lowest BCUT2D eigenvalue weighted by Gasteiger charge is -2.49. The minimum absolute atomic E-state index is 0.0289. The maximum Gasteiger partial charge on any atom is 0.250 e. The molecule has 0 N–H and O–H groups in total. The fourth-order valence-corrected chi connectivity index (χ4v) is 4.93. The Hall–Kier alpha value is -2.67. The van der Waals surface area contributed by atoms with Crippen LogP contribution in [0.3, 0.4) is 0 Å². The van der Waals surface area contributed by atoms with Crippen molar-refractivity contribution >= 4 is 11.0 Å². The van der Waals surface area contributed by atoms with Gasteiger partial charge in [0.05, 0.1) is 24.3 Å². The lowest BCUT2D eigenvalue weighted by atomic mass is 9.96. The highest BCUT2D eigenvalue weighted by atomic mass is 19.1. The number of halogens is 1. The van der Waals surface area contributed by atoms with Crippen molar-refractivity contribution in [3.8, 4) is 0 Å². The molecule has 7 heteroatoms. The summed E-state index contributed by atoms with van der Waals surface area (Å²) in [5.41, 5.74) is 3.81. The largest absolute Gasteiger partial charge is 0.308 e. The van der Waals surface area contributed by atoms with Crippen molar-refractivity contribution in [2.24, 2.45) is 7.05 Å². The molecule has 1 aromatic carbocycles. The molecular weight excluding hydrogens is 393 g/mol. The van der Waals surface area contributed by atoms with Gasteiger partial charge in [0.25, 0.3) is 5.56 Å². The van der Waals surface area contributed by atoms with Gasteiger partial charge in [0, 0.05) is 31.7 Å². The molecule has 1 aliphatic rings. The first kappa shape index (κ1) is 21.6. The average molecular weight is 426 g/mol. The van der Waals surface area contributed by atoms with Crippen LogP contribution in [0.5, 0.6) is 0 Å². The van der Waals surface area contributed by atoms with Gasteiger partial charge >= 0.3 is 0 Å². The molecular formula is C24H32FN5O. The summed E-state index contributed by atoms with van der Waals surface area (Å²) in [6.45, 7) is 10.4. The van der Waals surface area contributed by atoms with Crippen molar-refractivity contribution in [1.29, 1.82) is 0 Å². The van der Waals surface area contributed by atoms with Crippen LogP contribution in [0.1, 0.15) is 50.8 Å². The SMILES string of the molecule is CC[C@@H]1CN(n2cc3c(ccc(=O)n3C)n2)[C@@H](CC)CN1C(C)c1ccc(F)cc1C. The van der Waals surface area contributed by atoms with Crippen LogP contribution >= 0.6 is 0 Å². The van der Waals surface area contributed by atoms with Crippen LogP contribution in [0.4, 0.5) is 4.39 Å². The molecule has 3 atom stereocenters. The lowest BCUT2D eigenvalue weighted by molar-refractivity contribution is 0.0852. The van der Waals surface area contributed by atoms with Gasteiger partial charge in [-0.05, 0) is 56.0 Å². The lowest BCUT2D eigenvalue weighted by Crippen LogP contribution is -2.62. The Morgan fingerprint density at radius 3 is 2.55 bits per heavy atom. The van der Waals surface area contributed by atoms with E-state index in [0.717, 1.165) is 42.5 Å². The average Bonchev–Trinajstić information content (AvgIpc) is 3.20. The topological polar surface area (TPSA) is 46.3 Å². The number of hydrogen-bond acceptors (Lipinski definition) is 4. The Balaban J connectivity index is 1.65. The normalized spacial score (nSPS) is 21.0. The third-order valence-electron chi connectivity index (χ3n) is 6.88. The summed E-state index contributed by atoms with van der Waals surface area (Å²) in [6, 6.07) is 9.32. The predicted molar refractivity (Wildman–Crippen MR) is 122 cm³/mol. The van der Waals surface area contributed by atoms with E-state index in [-0.39, 0.29) is 23.5 Å². The molecule has 0 radical (unpaired) electrons. The fraction of sp³-hybridized carbons (Fsp3) is 0.500. The maximum absolute atomic E-state index is 13.6. The van der Waals surface area contributed by atoms with Gasteiger partial charge in [-0.3, -0.25) is 14.7 Å². The number of nitrogens with zero attached hydrogens (tertiary/aromatic N) is 5. The van der Waals surface area contributed by atoms with Gasteiger partial charge in [-0.1, -0.05) is 19.9 Å². The number of aryl methyl sites for hydroxylation is 2. The number of fused-ring (bicyclic) bond motifs is 1. The first-order valence-electron chi connectivity index (χ1n) is 11.2. The third-order valence-corrected chi connectivity index (χ3v) is 6.88. The Labute approximate surface area is 182 Å². The summed E-state index contributed by atoms with van der Waals surface area (Å²) in [7, 11) is 1.79. The zero-order valence-electron chi connectivity index (χ0n) is 19.0. The van der Waals surface area contributed by atoms with Crippen molar-refractivity contribution in [2.75, 3.05) is 18.1 Å². The molecule has 4 rings (SSSR count). The zero-order chi connectivity index (χ0) is 22.3. The van der Waals surface area contributed by atoms with Gasteiger partial charge in [-0.15, -0.1) is 0 Å². The van der Waals surface area contributed by atoms with E-state index in [4.69, 9.17) is 5.10 Å². The minimum Gasteiger partial charge on any atom is -0.308 e. The first-order valence-corrected chi connectivity index (χ1v) is 11.2. The molecule has 0 bridgehead atoms. The Morgan fingerprint density at radius 2 is 1.87 bits per heavy atom. The highest BCUT2D eigenvalue weighted by Crippen LogP contribution is 2.31. The van der Waals surface area contributed by atoms with Crippen LogP contribution < -0.4 is 10.6 Å². The van der Waals surface area contributed by atoms with Crippen molar-refractivity contribution in [2.45, 2.75) is 58.7 Å². The van der Waals surface area contributed by atoms with Crippen molar-refractivity contribution in [3.63, 3.8) is 0 Å². The molecule has 0 spiro atoms. The van der Waals surface area contributed by atoms with E-state index in [2.05, 4.69) is 30.7 Å². The number of benzene rings is 1. The second kappa shape index (κ2) is 8.46. The molecule has 0 aliphatic carbocycles. The maximum atomic E-state index is 13.6.